The monoisotopic (exact) mass is 370 g/mol. The van der Waals surface area contributed by atoms with Crippen LogP contribution in [0.1, 0.15) is 38.1 Å². The Hall–Kier alpha value is -2.87. The van der Waals surface area contributed by atoms with E-state index in [1.807, 2.05) is 38.7 Å². The van der Waals surface area contributed by atoms with Crippen molar-refractivity contribution < 1.29 is 9.90 Å². The first-order chi connectivity index (χ1) is 12.8. The molecule has 1 amide bonds. The lowest BCUT2D eigenvalue weighted by atomic mass is 9.91. The van der Waals surface area contributed by atoms with Crippen LogP contribution in [0.4, 0.5) is 11.6 Å². The average Bonchev–Trinajstić information content (AvgIpc) is 2.91. The summed E-state index contributed by atoms with van der Waals surface area (Å²) in [5.74, 6) is -0.0229. The zero-order valence-electron chi connectivity index (χ0n) is 16.1. The minimum atomic E-state index is -0.653. The fraction of sp³-hybridized carbons (Fsp3) is 0.421. The maximum Gasteiger partial charge on any atom is 0.254 e. The predicted molar refractivity (Wildman–Crippen MR) is 107 cm³/mol. The van der Waals surface area contributed by atoms with Crippen LogP contribution in [-0.2, 0) is 0 Å². The molecule has 0 spiro atoms. The van der Waals surface area contributed by atoms with E-state index in [9.17, 15) is 9.90 Å². The Morgan fingerprint density at radius 2 is 2.04 bits per heavy atom. The third-order valence-corrected chi connectivity index (χ3v) is 5.15. The van der Waals surface area contributed by atoms with Gasteiger partial charge < -0.3 is 21.5 Å². The number of aromatic nitrogens is 3. The van der Waals surface area contributed by atoms with Crippen molar-refractivity contribution in [1.82, 2.24) is 14.5 Å². The second kappa shape index (κ2) is 7.03. The molecular weight excluding hydrogens is 344 g/mol. The number of nitrogen functional groups attached to an aromatic ring is 1. The second-order valence-electron chi connectivity index (χ2n) is 6.74. The van der Waals surface area contributed by atoms with Crippen LogP contribution in [0.25, 0.3) is 16.9 Å². The number of allylic oxidation sites excluding steroid dienone is 2. The van der Waals surface area contributed by atoms with Crippen LogP contribution < -0.4 is 16.4 Å². The minimum Gasteiger partial charge on any atom is -0.388 e. The standard InChI is InChI=1S/C19H26N6O2/c1-5-24(6-2)13-9-22-19-15(23-13)14(18(21)27)17(20)25(19)16-10(3)7-8-12(26)11(16)4/h7-9,11-12,26H,5-6,20H2,1-4H3,(H2,21,27)/t11-,12-/m1/s1. The van der Waals surface area contributed by atoms with Crippen molar-refractivity contribution in [3.05, 3.63) is 29.5 Å². The molecular formula is C19H26N6O2. The lowest BCUT2D eigenvalue weighted by Gasteiger charge is -2.27. The zero-order chi connectivity index (χ0) is 19.9. The van der Waals surface area contributed by atoms with Crippen LogP contribution in [0.5, 0.6) is 0 Å². The molecule has 0 unspecified atom stereocenters. The number of nitrogens with zero attached hydrogens (tertiary/aromatic N) is 4. The number of anilines is 2. The van der Waals surface area contributed by atoms with Gasteiger partial charge in [-0.05, 0) is 26.3 Å². The van der Waals surface area contributed by atoms with Gasteiger partial charge in [0.2, 0.25) is 0 Å². The molecule has 8 nitrogen and oxygen atoms in total. The number of amides is 1. The first-order valence-corrected chi connectivity index (χ1v) is 9.10. The van der Waals surface area contributed by atoms with Crippen molar-refractivity contribution in [2.45, 2.75) is 33.8 Å². The van der Waals surface area contributed by atoms with E-state index in [0.717, 1.165) is 24.4 Å². The summed E-state index contributed by atoms with van der Waals surface area (Å²) in [4.78, 5) is 23.4. The number of aliphatic hydroxyl groups is 1. The normalized spacial score (nSPS) is 19.7. The molecule has 8 heteroatoms. The van der Waals surface area contributed by atoms with Crippen molar-refractivity contribution in [2.24, 2.45) is 11.7 Å². The third kappa shape index (κ3) is 2.95. The molecule has 144 valence electrons. The molecule has 3 rings (SSSR count). The number of aliphatic hydroxyl groups excluding tert-OH is 1. The van der Waals surface area contributed by atoms with Crippen LogP contribution >= 0.6 is 0 Å². The molecule has 0 radical (unpaired) electrons. The topological polar surface area (TPSA) is 123 Å². The molecule has 0 bridgehead atoms. The molecule has 0 saturated heterocycles. The van der Waals surface area contributed by atoms with Gasteiger partial charge in [-0.15, -0.1) is 0 Å². The summed E-state index contributed by atoms with van der Waals surface area (Å²) < 4.78 is 1.70. The van der Waals surface area contributed by atoms with E-state index in [2.05, 4.69) is 9.97 Å². The predicted octanol–water partition coefficient (Wildman–Crippen LogP) is 1.76. The number of primary amides is 1. The lowest BCUT2D eigenvalue weighted by molar-refractivity contribution is 0.100. The Morgan fingerprint density at radius 1 is 1.37 bits per heavy atom. The van der Waals surface area contributed by atoms with Crippen molar-refractivity contribution >= 4 is 34.4 Å². The molecule has 2 aromatic heterocycles. The molecule has 0 fully saturated rings. The SMILES string of the molecule is CCN(CC)c1cnc2c(n1)c(C(N)=O)c(N)n2C1=C(C)C=C[C@@H](O)[C@H]1C. The summed E-state index contributed by atoms with van der Waals surface area (Å²) in [6.07, 6.45) is 4.60. The number of fused-ring (bicyclic) bond motifs is 1. The molecule has 2 atom stereocenters. The fourth-order valence-corrected chi connectivity index (χ4v) is 3.63. The summed E-state index contributed by atoms with van der Waals surface area (Å²) >= 11 is 0. The van der Waals surface area contributed by atoms with Gasteiger partial charge >= 0.3 is 0 Å². The quantitative estimate of drug-likeness (QED) is 0.737. The Kier molecular flexibility index (Phi) is 4.93. The summed E-state index contributed by atoms with van der Waals surface area (Å²) in [5.41, 5.74) is 14.7. The van der Waals surface area contributed by atoms with E-state index in [1.54, 1.807) is 16.8 Å². The first kappa shape index (κ1) is 18.9. The van der Waals surface area contributed by atoms with Gasteiger partial charge in [0.15, 0.2) is 5.65 Å². The largest absolute Gasteiger partial charge is 0.388 e. The van der Waals surface area contributed by atoms with Crippen LogP contribution in [-0.4, -0.2) is 44.7 Å². The fourth-order valence-electron chi connectivity index (χ4n) is 3.63. The number of rotatable bonds is 5. The third-order valence-electron chi connectivity index (χ3n) is 5.15. The summed E-state index contributed by atoms with van der Waals surface area (Å²) in [6.45, 7) is 9.40. The molecule has 5 N–H and O–H groups in total. The van der Waals surface area contributed by atoms with E-state index in [0.29, 0.717) is 17.0 Å². The highest BCUT2D eigenvalue weighted by Gasteiger charge is 2.30. The maximum absolute atomic E-state index is 12.1. The molecule has 0 aliphatic heterocycles. The number of carbonyl (C=O) groups excluding carboxylic acids is 1. The van der Waals surface area contributed by atoms with Gasteiger partial charge in [0.1, 0.15) is 22.7 Å². The van der Waals surface area contributed by atoms with E-state index < -0.39 is 12.0 Å². The van der Waals surface area contributed by atoms with Crippen molar-refractivity contribution in [3.8, 4) is 0 Å². The number of nitrogens with two attached hydrogens (primary N) is 2. The van der Waals surface area contributed by atoms with E-state index in [1.165, 1.54) is 0 Å². The van der Waals surface area contributed by atoms with Gasteiger partial charge in [-0.25, -0.2) is 9.97 Å². The van der Waals surface area contributed by atoms with E-state index in [-0.39, 0.29) is 17.3 Å². The molecule has 0 aromatic carbocycles. The summed E-state index contributed by atoms with van der Waals surface area (Å²) in [7, 11) is 0. The molecule has 1 aliphatic rings. The zero-order valence-corrected chi connectivity index (χ0v) is 16.1. The molecule has 27 heavy (non-hydrogen) atoms. The highest BCUT2D eigenvalue weighted by Crippen LogP contribution is 2.37. The van der Waals surface area contributed by atoms with Gasteiger partial charge in [-0.2, -0.15) is 0 Å². The molecule has 2 aromatic rings. The van der Waals surface area contributed by atoms with Crippen LogP contribution in [0.2, 0.25) is 0 Å². The number of hydrogen-bond donors (Lipinski definition) is 3. The smallest absolute Gasteiger partial charge is 0.254 e. The van der Waals surface area contributed by atoms with Crippen molar-refractivity contribution in [3.63, 3.8) is 0 Å². The summed E-state index contributed by atoms with van der Waals surface area (Å²) in [6, 6.07) is 0. The number of carbonyl (C=O) groups is 1. The van der Waals surface area contributed by atoms with Gasteiger partial charge in [-0.3, -0.25) is 9.36 Å². The van der Waals surface area contributed by atoms with Crippen LogP contribution in [0.3, 0.4) is 0 Å². The van der Waals surface area contributed by atoms with Gasteiger partial charge in [0, 0.05) is 24.7 Å². The van der Waals surface area contributed by atoms with Gasteiger partial charge in [-0.1, -0.05) is 19.1 Å². The highest BCUT2D eigenvalue weighted by atomic mass is 16.3. The Balaban J connectivity index is 2.34. The van der Waals surface area contributed by atoms with E-state index in [4.69, 9.17) is 11.5 Å². The Labute approximate surface area is 158 Å². The minimum absolute atomic E-state index is 0.156. The Bertz CT molecular complexity index is 955. The van der Waals surface area contributed by atoms with Gasteiger partial charge in [0.05, 0.1) is 12.3 Å². The van der Waals surface area contributed by atoms with E-state index >= 15 is 0 Å². The second-order valence-corrected chi connectivity index (χ2v) is 6.74. The average molecular weight is 370 g/mol. The van der Waals surface area contributed by atoms with Crippen LogP contribution in [0.15, 0.2) is 23.9 Å². The van der Waals surface area contributed by atoms with Crippen molar-refractivity contribution in [1.29, 1.82) is 0 Å². The lowest BCUT2D eigenvalue weighted by Crippen LogP contribution is -2.24. The van der Waals surface area contributed by atoms with Crippen LogP contribution in [0, 0.1) is 5.92 Å². The summed E-state index contributed by atoms with van der Waals surface area (Å²) in [5, 5.41) is 10.3. The molecule has 2 heterocycles. The van der Waals surface area contributed by atoms with Crippen molar-refractivity contribution in [2.75, 3.05) is 23.7 Å². The highest BCUT2D eigenvalue weighted by molar-refractivity contribution is 6.10. The molecule has 1 aliphatic carbocycles. The molecule has 0 saturated carbocycles. The Morgan fingerprint density at radius 3 is 2.63 bits per heavy atom. The maximum atomic E-state index is 12.1. The first-order valence-electron chi connectivity index (χ1n) is 9.10. The van der Waals surface area contributed by atoms with Gasteiger partial charge in [0.25, 0.3) is 5.91 Å². The number of hydrogen-bond acceptors (Lipinski definition) is 6.